The fraction of sp³-hybridized carbons (Fsp3) is 0.400. The molecule has 0 heterocycles. The summed E-state index contributed by atoms with van der Waals surface area (Å²) in [7, 11) is 1.20. The van der Waals surface area contributed by atoms with Crippen LogP contribution in [0.4, 0.5) is 5.69 Å². The molecule has 0 saturated heterocycles. The molecule has 1 aromatic rings. The van der Waals surface area contributed by atoms with E-state index in [2.05, 4.69) is 0 Å². The normalized spacial score (nSPS) is 10.2. The predicted molar refractivity (Wildman–Crippen MR) is 80.7 cm³/mol. The Morgan fingerprint density at radius 2 is 1.67 bits per heavy atom. The van der Waals surface area contributed by atoms with Crippen molar-refractivity contribution in [3.05, 3.63) is 33.9 Å². The molecule has 1 rings (SSSR count). The summed E-state index contributed by atoms with van der Waals surface area (Å²) >= 11 is 0. The number of ketones is 1. The Balaban J connectivity index is 3.25. The molecule has 0 amide bonds. The first-order chi connectivity index (χ1) is 11.4. The minimum absolute atomic E-state index is 0.0222. The number of carbonyl (C=O) groups is 3. The lowest BCUT2D eigenvalue weighted by Crippen LogP contribution is -2.35. The van der Waals surface area contributed by atoms with Crippen LogP contribution in [0, 0.1) is 16.0 Å². The highest BCUT2D eigenvalue weighted by Crippen LogP contribution is 2.28. The van der Waals surface area contributed by atoms with Crippen LogP contribution in [-0.4, -0.2) is 43.0 Å². The first-order valence-corrected chi connectivity index (χ1v) is 7.07. The van der Waals surface area contributed by atoms with E-state index in [1.54, 1.807) is 0 Å². The van der Waals surface area contributed by atoms with Gasteiger partial charge in [0.1, 0.15) is 0 Å². The monoisotopic (exact) mass is 339 g/mol. The number of Topliss-reactive ketones (excluding diaryl/α,β-unsaturated/α-hetero) is 1. The zero-order chi connectivity index (χ0) is 18.3. The third kappa shape index (κ3) is 4.28. The Bertz CT molecular complexity index is 637. The Morgan fingerprint density at radius 3 is 2.08 bits per heavy atom. The van der Waals surface area contributed by atoms with Crippen molar-refractivity contribution in [1.29, 1.82) is 0 Å². The van der Waals surface area contributed by atoms with E-state index in [1.165, 1.54) is 21.0 Å². The van der Waals surface area contributed by atoms with Crippen LogP contribution in [0.5, 0.6) is 5.75 Å². The molecule has 0 saturated carbocycles. The fourth-order valence-electron chi connectivity index (χ4n) is 1.91. The number of carbonyl (C=O) groups excluding carboxylic acids is 3. The molecule has 0 N–H and O–H groups in total. The van der Waals surface area contributed by atoms with Gasteiger partial charge in [-0.2, -0.15) is 0 Å². The van der Waals surface area contributed by atoms with Gasteiger partial charge in [-0.3, -0.25) is 24.5 Å². The summed E-state index contributed by atoms with van der Waals surface area (Å²) in [5.74, 6) is -4.94. The van der Waals surface area contributed by atoms with Gasteiger partial charge in [0.2, 0.25) is 5.92 Å². The summed E-state index contributed by atoms with van der Waals surface area (Å²) < 4.78 is 14.3. The summed E-state index contributed by atoms with van der Waals surface area (Å²) in [4.78, 5) is 46.5. The van der Waals surface area contributed by atoms with Gasteiger partial charge < -0.3 is 14.2 Å². The number of esters is 2. The van der Waals surface area contributed by atoms with Gasteiger partial charge in [-0.25, -0.2) is 0 Å². The molecule has 0 aliphatic heterocycles. The summed E-state index contributed by atoms with van der Waals surface area (Å²) in [6, 6.07) is 3.28. The van der Waals surface area contributed by atoms with Crippen molar-refractivity contribution in [2.24, 2.45) is 5.92 Å². The van der Waals surface area contributed by atoms with Gasteiger partial charge in [0.15, 0.2) is 11.5 Å². The standard InChI is InChI=1S/C15H17NO8/c1-4-23-14(18)12(15(19)24-5-2)13(17)9-6-7-10(16(20)21)11(8-9)22-3/h6-8,12H,4-5H2,1-3H3. The third-order valence-electron chi connectivity index (χ3n) is 2.97. The van der Waals surface area contributed by atoms with E-state index in [9.17, 15) is 24.5 Å². The first-order valence-electron chi connectivity index (χ1n) is 7.07. The summed E-state index contributed by atoms with van der Waals surface area (Å²) in [5.41, 5.74) is -0.457. The fourth-order valence-corrected chi connectivity index (χ4v) is 1.91. The second kappa shape index (κ2) is 8.61. The van der Waals surface area contributed by atoms with Gasteiger partial charge in [0.25, 0.3) is 0 Å². The van der Waals surface area contributed by atoms with E-state index in [-0.39, 0.29) is 30.2 Å². The number of nitrogens with zero attached hydrogens (tertiary/aromatic N) is 1. The average Bonchev–Trinajstić information content (AvgIpc) is 2.54. The van der Waals surface area contributed by atoms with Crippen molar-refractivity contribution in [1.82, 2.24) is 0 Å². The molecule has 0 bridgehead atoms. The number of ether oxygens (including phenoxy) is 3. The molecule has 130 valence electrons. The van der Waals surface area contributed by atoms with E-state index in [4.69, 9.17) is 14.2 Å². The van der Waals surface area contributed by atoms with E-state index in [0.29, 0.717) is 0 Å². The van der Waals surface area contributed by atoms with Crippen molar-refractivity contribution in [3.63, 3.8) is 0 Å². The largest absolute Gasteiger partial charge is 0.490 e. The van der Waals surface area contributed by atoms with E-state index < -0.39 is 28.6 Å². The topological polar surface area (TPSA) is 122 Å². The number of hydrogen-bond acceptors (Lipinski definition) is 8. The maximum atomic E-state index is 12.5. The molecule has 24 heavy (non-hydrogen) atoms. The zero-order valence-electron chi connectivity index (χ0n) is 13.4. The molecule has 1 aromatic carbocycles. The molecule has 9 heteroatoms. The minimum atomic E-state index is -1.80. The summed E-state index contributed by atoms with van der Waals surface area (Å²) in [5, 5.41) is 10.9. The zero-order valence-corrected chi connectivity index (χ0v) is 13.4. The van der Waals surface area contributed by atoms with Gasteiger partial charge >= 0.3 is 17.6 Å². The second-order valence-electron chi connectivity index (χ2n) is 4.45. The molecule has 0 spiro atoms. The van der Waals surface area contributed by atoms with Crippen molar-refractivity contribution in [2.45, 2.75) is 13.8 Å². The van der Waals surface area contributed by atoms with Crippen molar-refractivity contribution in [3.8, 4) is 5.75 Å². The highest BCUT2D eigenvalue weighted by atomic mass is 16.6. The van der Waals surface area contributed by atoms with Crippen LogP contribution < -0.4 is 4.74 Å². The van der Waals surface area contributed by atoms with Crippen LogP contribution in [0.15, 0.2) is 18.2 Å². The van der Waals surface area contributed by atoms with E-state index >= 15 is 0 Å². The summed E-state index contributed by atoms with van der Waals surface area (Å²) in [6.45, 7) is 3.01. The van der Waals surface area contributed by atoms with Gasteiger partial charge in [0.05, 0.1) is 25.2 Å². The van der Waals surface area contributed by atoms with Gasteiger partial charge in [-0.05, 0) is 26.0 Å². The van der Waals surface area contributed by atoms with Crippen LogP contribution in [-0.2, 0) is 19.1 Å². The Kier molecular flexibility index (Phi) is 6.84. The molecule has 0 aliphatic rings. The smallest absolute Gasteiger partial charge is 0.328 e. The third-order valence-corrected chi connectivity index (χ3v) is 2.97. The first kappa shape index (κ1) is 19.1. The van der Waals surface area contributed by atoms with Crippen LogP contribution in [0.3, 0.4) is 0 Å². The molecule has 0 radical (unpaired) electrons. The molecule has 0 aliphatic carbocycles. The number of hydrogen-bond donors (Lipinski definition) is 0. The molecule has 0 aromatic heterocycles. The van der Waals surface area contributed by atoms with Crippen molar-refractivity contribution < 1.29 is 33.5 Å². The molecule has 0 atom stereocenters. The number of rotatable bonds is 8. The lowest BCUT2D eigenvalue weighted by molar-refractivity contribution is -0.385. The van der Waals surface area contributed by atoms with Gasteiger partial charge in [-0.1, -0.05) is 0 Å². The van der Waals surface area contributed by atoms with Crippen molar-refractivity contribution >= 4 is 23.4 Å². The van der Waals surface area contributed by atoms with Crippen LogP contribution in [0.1, 0.15) is 24.2 Å². The lowest BCUT2D eigenvalue weighted by atomic mass is 9.97. The van der Waals surface area contributed by atoms with Crippen LogP contribution in [0.2, 0.25) is 0 Å². The molecule has 9 nitrogen and oxygen atoms in total. The molecular formula is C15H17NO8. The predicted octanol–water partition coefficient (Wildman–Crippen LogP) is 1.53. The maximum Gasteiger partial charge on any atom is 0.328 e. The summed E-state index contributed by atoms with van der Waals surface area (Å²) in [6.07, 6.45) is 0. The Labute approximate surface area is 137 Å². The minimum Gasteiger partial charge on any atom is -0.490 e. The van der Waals surface area contributed by atoms with Crippen LogP contribution in [0.25, 0.3) is 0 Å². The molecule has 0 fully saturated rings. The average molecular weight is 339 g/mol. The number of nitro benzene ring substituents is 1. The van der Waals surface area contributed by atoms with Crippen LogP contribution >= 0.6 is 0 Å². The second-order valence-corrected chi connectivity index (χ2v) is 4.45. The van der Waals surface area contributed by atoms with Crippen molar-refractivity contribution in [2.75, 3.05) is 20.3 Å². The number of nitro groups is 1. The highest BCUT2D eigenvalue weighted by molar-refractivity contribution is 6.20. The molecule has 0 unspecified atom stereocenters. The molecular weight excluding hydrogens is 322 g/mol. The quantitative estimate of drug-likeness (QED) is 0.230. The lowest BCUT2D eigenvalue weighted by Gasteiger charge is -2.14. The number of benzene rings is 1. The van der Waals surface area contributed by atoms with Gasteiger partial charge in [-0.15, -0.1) is 0 Å². The Morgan fingerprint density at radius 1 is 1.12 bits per heavy atom. The Hall–Kier alpha value is -2.97. The van der Waals surface area contributed by atoms with E-state index in [1.807, 2.05) is 0 Å². The SMILES string of the molecule is CCOC(=O)C(C(=O)OCC)C(=O)c1ccc([N+](=O)[O-])c(OC)c1. The van der Waals surface area contributed by atoms with E-state index in [0.717, 1.165) is 18.2 Å². The number of methoxy groups -OCH3 is 1. The maximum absolute atomic E-state index is 12.5. The van der Waals surface area contributed by atoms with Gasteiger partial charge in [0, 0.05) is 11.6 Å². The highest BCUT2D eigenvalue weighted by Gasteiger charge is 2.38.